The SMILES string of the molecule is BNc1ccn([C@H]2CO[C@@H](COC(=O)c3ccccc3)S2)c(=O)n1. The summed E-state index contributed by atoms with van der Waals surface area (Å²) in [6.45, 7) is 0.490. The molecule has 1 saturated heterocycles. The number of anilines is 1. The number of nitrogens with one attached hydrogen (secondary N) is 1. The number of hydrogen-bond acceptors (Lipinski definition) is 7. The molecule has 0 spiro atoms. The van der Waals surface area contributed by atoms with Gasteiger partial charge in [0.05, 0.1) is 12.2 Å². The Morgan fingerprint density at radius 1 is 1.42 bits per heavy atom. The Balaban J connectivity index is 1.56. The van der Waals surface area contributed by atoms with E-state index in [4.69, 9.17) is 9.47 Å². The minimum atomic E-state index is -0.388. The minimum Gasteiger partial charge on any atom is -0.458 e. The molecule has 2 heterocycles. The molecule has 9 heteroatoms. The van der Waals surface area contributed by atoms with Gasteiger partial charge in [-0.3, -0.25) is 4.57 Å². The van der Waals surface area contributed by atoms with Crippen LogP contribution in [0.2, 0.25) is 0 Å². The molecule has 2 aromatic rings. The van der Waals surface area contributed by atoms with Crippen molar-refractivity contribution < 1.29 is 14.3 Å². The number of carbonyl (C=O) groups excluding carboxylic acids is 1. The summed E-state index contributed by atoms with van der Waals surface area (Å²) in [5.74, 6) is 0.133. The summed E-state index contributed by atoms with van der Waals surface area (Å²) in [6.07, 6.45) is 1.68. The Morgan fingerprint density at radius 2 is 2.21 bits per heavy atom. The fourth-order valence-corrected chi connectivity index (χ4v) is 3.35. The van der Waals surface area contributed by atoms with E-state index in [0.29, 0.717) is 18.0 Å². The quantitative estimate of drug-likeness (QED) is 0.629. The summed E-state index contributed by atoms with van der Waals surface area (Å²) in [4.78, 5) is 27.8. The number of hydrogen-bond donors (Lipinski definition) is 1. The van der Waals surface area contributed by atoms with E-state index in [1.165, 1.54) is 16.3 Å². The Kier molecular flexibility index (Phi) is 5.22. The van der Waals surface area contributed by atoms with Crippen molar-refractivity contribution in [2.75, 3.05) is 18.4 Å². The number of thioether (sulfide) groups is 1. The van der Waals surface area contributed by atoms with Crippen LogP contribution in [0.1, 0.15) is 15.7 Å². The van der Waals surface area contributed by atoms with Crippen molar-refractivity contribution in [3.63, 3.8) is 0 Å². The third-order valence-electron chi connectivity index (χ3n) is 3.49. The highest BCUT2D eigenvalue weighted by molar-refractivity contribution is 8.00. The van der Waals surface area contributed by atoms with Gasteiger partial charge in [0.1, 0.15) is 23.2 Å². The lowest BCUT2D eigenvalue weighted by Gasteiger charge is -2.12. The maximum Gasteiger partial charge on any atom is 0.350 e. The highest BCUT2D eigenvalue weighted by atomic mass is 32.2. The normalized spacial score (nSPS) is 19.8. The van der Waals surface area contributed by atoms with E-state index in [1.807, 2.05) is 6.07 Å². The first-order valence-electron chi connectivity index (χ1n) is 7.43. The van der Waals surface area contributed by atoms with Crippen LogP contribution in [0.25, 0.3) is 0 Å². The van der Waals surface area contributed by atoms with Crippen molar-refractivity contribution in [1.29, 1.82) is 0 Å². The van der Waals surface area contributed by atoms with Crippen LogP contribution in [-0.2, 0) is 9.47 Å². The predicted octanol–water partition coefficient (Wildman–Crippen LogP) is 0.648. The second kappa shape index (κ2) is 7.54. The minimum absolute atomic E-state index is 0.131. The first-order chi connectivity index (χ1) is 11.7. The molecule has 1 aromatic carbocycles. The Morgan fingerprint density at radius 3 is 2.92 bits per heavy atom. The summed E-state index contributed by atoms with van der Waals surface area (Å²) in [7, 11) is 1.71. The monoisotopic (exact) mass is 345 g/mol. The highest BCUT2D eigenvalue weighted by Gasteiger charge is 2.29. The second-order valence-electron chi connectivity index (χ2n) is 5.07. The lowest BCUT2D eigenvalue weighted by Crippen LogP contribution is -2.26. The van der Waals surface area contributed by atoms with Gasteiger partial charge in [0.2, 0.25) is 7.98 Å². The standard InChI is InChI=1S/C15H16BN3O4S/c16-18-11-6-7-19(15(21)17-11)12-8-22-13(24-12)9-23-14(20)10-4-2-1-3-5-10/h1-7,12-13H,8-9,16H2,(H,17,18,21)/t12-,13-/m1/s1. The van der Waals surface area contributed by atoms with Gasteiger partial charge in [-0.1, -0.05) is 30.0 Å². The van der Waals surface area contributed by atoms with Gasteiger partial charge < -0.3 is 14.7 Å². The van der Waals surface area contributed by atoms with E-state index in [1.54, 1.807) is 44.5 Å². The van der Waals surface area contributed by atoms with Gasteiger partial charge in [0.25, 0.3) is 0 Å². The zero-order valence-corrected chi connectivity index (χ0v) is 13.9. The highest BCUT2D eigenvalue weighted by Crippen LogP contribution is 2.34. The van der Waals surface area contributed by atoms with Crippen molar-refractivity contribution in [2.45, 2.75) is 10.8 Å². The number of carbonyl (C=O) groups is 1. The van der Waals surface area contributed by atoms with Gasteiger partial charge in [0, 0.05) is 6.20 Å². The van der Waals surface area contributed by atoms with Gasteiger partial charge >= 0.3 is 11.7 Å². The number of ether oxygens (including phenoxy) is 2. The topological polar surface area (TPSA) is 82.5 Å². The molecule has 0 saturated carbocycles. The van der Waals surface area contributed by atoms with E-state index in [9.17, 15) is 9.59 Å². The van der Waals surface area contributed by atoms with Crippen molar-refractivity contribution in [1.82, 2.24) is 9.55 Å². The molecular formula is C15H16BN3O4S. The van der Waals surface area contributed by atoms with Gasteiger partial charge in [0.15, 0.2) is 0 Å². The molecule has 0 unspecified atom stereocenters. The van der Waals surface area contributed by atoms with Crippen LogP contribution in [-0.4, -0.2) is 42.2 Å². The Bertz CT molecular complexity index is 771. The van der Waals surface area contributed by atoms with Gasteiger partial charge in [-0.2, -0.15) is 4.98 Å². The van der Waals surface area contributed by atoms with Crippen LogP contribution in [0.4, 0.5) is 5.82 Å². The lowest BCUT2D eigenvalue weighted by molar-refractivity contribution is 0.0273. The zero-order valence-electron chi connectivity index (χ0n) is 13.0. The van der Waals surface area contributed by atoms with Crippen LogP contribution in [0.3, 0.4) is 0 Å². The summed E-state index contributed by atoms with van der Waals surface area (Å²) in [5.41, 5.74) is -0.149. The number of benzene rings is 1. The van der Waals surface area contributed by atoms with Crippen LogP contribution in [0.15, 0.2) is 47.4 Å². The van der Waals surface area contributed by atoms with E-state index >= 15 is 0 Å². The Labute approximate surface area is 143 Å². The second-order valence-corrected chi connectivity index (χ2v) is 6.41. The molecule has 3 rings (SSSR count). The lowest BCUT2D eigenvalue weighted by atomic mass is 10.2. The van der Waals surface area contributed by atoms with E-state index < -0.39 is 0 Å². The third-order valence-corrected chi connectivity index (χ3v) is 4.74. The van der Waals surface area contributed by atoms with Gasteiger partial charge in [-0.05, 0) is 18.2 Å². The van der Waals surface area contributed by atoms with Crippen LogP contribution in [0.5, 0.6) is 0 Å². The molecule has 1 aliphatic heterocycles. The smallest absolute Gasteiger partial charge is 0.350 e. The number of rotatable bonds is 5. The van der Waals surface area contributed by atoms with E-state index in [-0.39, 0.29) is 29.1 Å². The molecule has 0 aliphatic carbocycles. The molecule has 2 atom stereocenters. The van der Waals surface area contributed by atoms with E-state index in [0.717, 1.165) is 0 Å². The van der Waals surface area contributed by atoms with Gasteiger partial charge in [-0.15, -0.1) is 0 Å². The van der Waals surface area contributed by atoms with Crippen molar-refractivity contribution >= 4 is 31.5 Å². The number of esters is 1. The fourth-order valence-electron chi connectivity index (χ4n) is 2.25. The first-order valence-corrected chi connectivity index (χ1v) is 8.38. The largest absolute Gasteiger partial charge is 0.458 e. The molecular weight excluding hydrogens is 329 g/mol. The van der Waals surface area contributed by atoms with Crippen molar-refractivity contribution in [2.24, 2.45) is 0 Å². The summed E-state index contributed by atoms with van der Waals surface area (Å²) < 4.78 is 12.4. The Hall–Kier alpha value is -2.26. The van der Waals surface area contributed by atoms with E-state index in [2.05, 4.69) is 10.2 Å². The molecule has 1 aromatic heterocycles. The average Bonchev–Trinajstić information content (AvgIpc) is 3.09. The summed E-state index contributed by atoms with van der Waals surface area (Å²) >= 11 is 1.43. The number of aromatic nitrogens is 2. The van der Waals surface area contributed by atoms with Crippen LogP contribution < -0.4 is 10.9 Å². The molecule has 7 nitrogen and oxygen atoms in total. The van der Waals surface area contributed by atoms with Crippen LogP contribution >= 0.6 is 11.8 Å². The fraction of sp³-hybridized carbons (Fsp3) is 0.267. The zero-order chi connectivity index (χ0) is 16.9. The number of nitrogens with zero attached hydrogens (tertiary/aromatic N) is 2. The molecule has 24 heavy (non-hydrogen) atoms. The maximum atomic E-state index is 12.0. The first kappa shape index (κ1) is 16.6. The van der Waals surface area contributed by atoms with Gasteiger partial charge in [-0.25, -0.2) is 9.59 Å². The van der Waals surface area contributed by atoms with Crippen LogP contribution in [0, 0.1) is 0 Å². The molecule has 124 valence electrons. The molecule has 0 amide bonds. The van der Waals surface area contributed by atoms with Crippen molar-refractivity contribution in [3.05, 3.63) is 58.6 Å². The maximum absolute atomic E-state index is 12.0. The molecule has 1 aliphatic rings. The molecule has 0 bridgehead atoms. The van der Waals surface area contributed by atoms with Crippen molar-refractivity contribution in [3.8, 4) is 0 Å². The molecule has 1 fully saturated rings. The third kappa shape index (κ3) is 3.80. The average molecular weight is 345 g/mol. The predicted molar refractivity (Wildman–Crippen MR) is 93.8 cm³/mol. The summed E-state index contributed by atoms with van der Waals surface area (Å²) in [5, 5.41) is 2.64. The molecule has 1 N–H and O–H groups in total. The summed E-state index contributed by atoms with van der Waals surface area (Å²) in [6, 6.07) is 10.5. The molecule has 0 radical (unpaired) electrons.